The number of hydrogen-bond acceptors (Lipinski definition) is 6. The number of allylic oxidation sites excluding steroid dienone is 1. The van der Waals surface area contributed by atoms with E-state index in [4.69, 9.17) is 21.1 Å². The number of nitrogens with zero attached hydrogens (tertiary/aromatic N) is 3. The van der Waals surface area contributed by atoms with Gasteiger partial charge in [0.25, 0.3) is 0 Å². The molecular formula is C22H20ClN3O3S. The molecule has 0 N–H and O–H groups in total. The maximum atomic E-state index is 13.1. The number of hydrogen-bond donors (Lipinski definition) is 0. The minimum absolute atomic E-state index is 0.0111. The summed E-state index contributed by atoms with van der Waals surface area (Å²) in [7, 11) is 3.15. The smallest absolute Gasteiger partial charge is 0.229 e. The lowest BCUT2D eigenvalue weighted by Gasteiger charge is -2.42. The fourth-order valence-corrected chi connectivity index (χ4v) is 5.10. The van der Waals surface area contributed by atoms with Crippen LogP contribution in [0.2, 0.25) is 5.02 Å². The van der Waals surface area contributed by atoms with E-state index in [1.54, 1.807) is 25.2 Å². The Labute approximate surface area is 184 Å². The van der Waals surface area contributed by atoms with Crippen LogP contribution in [0.25, 0.3) is 0 Å². The van der Waals surface area contributed by atoms with Gasteiger partial charge in [-0.2, -0.15) is 5.26 Å². The van der Waals surface area contributed by atoms with Gasteiger partial charge in [0.1, 0.15) is 0 Å². The summed E-state index contributed by atoms with van der Waals surface area (Å²) in [6.07, 6.45) is 0.228. The molecule has 4 rings (SSSR count). The monoisotopic (exact) mass is 441 g/mol. The molecule has 0 bridgehead atoms. The highest BCUT2D eigenvalue weighted by Crippen LogP contribution is 2.44. The third-order valence-corrected chi connectivity index (χ3v) is 6.67. The second-order valence-corrected chi connectivity index (χ2v) is 8.33. The highest BCUT2D eigenvalue weighted by molar-refractivity contribution is 8.03. The lowest BCUT2D eigenvalue weighted by Crippen LogP contribution is -2.47. The first kappa shape index (κ1) is 20.5. The standard InChI is InChI=1S/C22H20ClN3O3S/c1-28-19-7-6-14(8-20(19)29-2)17-10-21(27)26-12-25(13-30-22(26)18(17)11-24)16-5-3-4-15(23)9-16/h3-9,17H,10,12-13H2,1-2H3/t17-/m0/s1. The quantitative estimate of drug-likeness (QED) is 0.692. The van der Waals surface area contributed by atoms with Crippen molar-refractivity contribution in [1.29, 1.82) is 5.26 Å². The van der Waals surface area contributed by atoms with Crippen LogP contribution in [-0.2, 0) is 4.79 Å². The molecule has 6 nitrogen and oxygen atoms in total. The molecule has 0 aromatic heterocycles. The van der Waals surface area contributed by atoms with Crippen LogP contribution in [0, 0.1) is 11.3 Å². The van der Waals surface area contributed by atoms with E-state index in [0.717, 1.165) is 16.3 Å². The van der Waals surface area contributed by atoms with Crippen LogP contribution in [-0.4, -0.2) is 37.6 Å². The Bertz CT molecular complexity index is 1070. The molecule has 2 aliphatic rings. The number of carbonyl (C=O) groups excluding carboxylic acids is 1. The first-order valence-corrected chi connectivity index (χ1v) is 10.7. The van der Waals surface area contributed by atoms with Crippen molar-refractivity contribution in [2.75, 3.05) is 31.7 Å². The summed E-state index contributed by atoms with van der Waals surface area (Å²) < 4.78 is 10.7. The van der Waals surface area contributed by atoms with E-state index in [1.807, 2.05) is 36.4 Å². The lowest BCUT2D eigenvalue weighted by atomic mass is 9.86. The van der Waals surface area contributed by atoms with Gasteiger partial charge in [-0.25, -0.2) is 0 Å². The Kier molecular flexibility index (Phi) is 5.80. The lowest BCUT2D eigenvalue weighted by molar-refractivity contribution is -0.129. The third kappa shape index (κ3) is 3.69. The molecule has 2 aromatic rings. The molecule has 2 heterocycles. The maximum absolute atomic E-state index is 13.1. The predicted octanol–water partition coefficient (Wildman–Crippen LogP) is 4.58. The largest absolute Gasteiger partial charge is 0.493 e. The number of carbonyl (C=O) groups is 1. The molecule has 0 spiro atoms. The third-order valence-electron chi connectivity index (χ3n) is 5.28. The number of halogens is 1. The predicted molar refractivity (Wildman–Crippen MR) is 118 cm³/mol. The molecule has 1 saturated heterocycles. The van der Waals surface area contributed by atoms with Crippen molar-refractivity contribution in [3.05, 3.63) is 63.7 Å². The Morgan fingerprint density at radius 3 is 2.67 bits per heavy atom. The van der Waals surface area contributed by atoms with E-state index in [2.05, 4.69) is 11.0 Å². The minimum atomic E-state index is -0.307. The molecule has 1 fully saturated rings. The van der Waals surface area contributed by atoms with Crippen LogP contribution >= 0.6 is 23.4 Å². The fraction of sp³-hybridized carbons (Fsp3) is 0.273. The molecule has 2 aromatic carbocycles. The number of thioether (sulfide) groups is 1. The van der Waals surface area contributed by atoms with Gasteiger partial charge in [0.2, 0.25) is 5.91 Å². The average Bonchev–Trinajstić information content (AvgIpc) is 2.78. The van der Waals surface area contributed by atoms with Gasteiger partial charge in [-0.15, -0.1) is 0 Å². The zero-order valence-corrected chi connectivity index (χ0v) is 18.2. The Balaban J connectivity index is 1.67. The summed E-state index contributed by atoms with van der Waals surface area (Å²) in [5.41, 5.74) is 2.42. The number of fused-ring (bicyclic) bond motifs is 1. The van der Waals surface area contributed by atoms with Crippen LogP contribution in [0.5, 0.6) is 11.5 Å². The van der Waals surface area contributed by atoms with Gasteiger partial charge in [-0.05, 0) is 35.9 Å². The number of nitriles is 1. The molecule has 2 aliphatic heterocycles. The zero-order chi connectivity index (χ0) is 21.3. The zero-order valence-electron chi connectivity index (χ0n) is 16.6. The van der Waals surface area contributed by atoms with Crippen LogP contribution in [0.1, 0.15) is 17.9 Å². The molecule has 8 heteroatoms. The van der Waals surface area contributed by atoms with E-state index in [-0.39, 0.29) is 18.2 Å². The number of ether oxygens (including phenoxy) is 2. The summed E-state index contributed by atoms with van der Waals surface area (Å²) in [5.74, 6) is 1.50. The summed E-state index contributed by atoms with van der Waals surface area (Å²) in [6.45, 7) is 0.394. The van der Waals surface area contributed by atoms with Gasteiger partial charge < -0.3 is 14.4 Å². The van der Waals surface area contributed by atoms with E-state index in [0.29, 0.717) is 34.6 Å². The van der Waals surface area contributed by atoms with Crippen molar-refractivity contribution in [1.82, 2.24) is 4.90 Å². The SMILES string of the molecule is COc1ccc([C@@H]2CC(=O)N3CN(c4cccc(Cl)c4)CSC3=C2C#N)cc1OC. The van der Waals surface area contributed by atoms with Crippen molar-refractivity contribution >= 4 is 35.0 Å². The van der Waals surface area contributed by atoms with Crippen molar-refractivity contribution < 1.29 is 14.3 Å². The average molecular weight is 442 g/mol. The molecule has 1 amide bonds. The highest BCUT2D eigenvalue weighted by atomic mass is 35.5. The summed E-state index contributed by atoms with van der Waals surface area (Å²) in [4.78, 5) is 16.8. The molecular weight excluding hydrogens is 422 g/mol. The summed E-state index contributed by atoms with van der Waals surface area (Å²) in [5, 5.41) is 11.3. The number of amides is 1. The normalized spacial score (nSPS) is 18.7. The van der Waals surface area contributed by atoms with Crippen molar-refractivity contribution in [2.45, 2.75) is 12.3 Å². The van der Waals surface area contributed by atoms with Crippen molar-refractivity contribution in [2.24, 2.45) is 0 Å². The van der Waals surface area contributed by atoms with E-state index in [1.165, 1.54) is 11.8 Å². The number of rotatable bonds is 4. The highest BCUT2D eigenvalue weighted by Gasteiger charge is 2.38. The maximum Gasteiger partial charge on any atom is 0.229 e. The molecule has 0 unspecified atom stereocenters. The molecule has 1 atom stereocenters. The van der Waals surface area contributed by atoms with Crippen LogP contribution in [0.3, 0.4) is 0 Å². The molecule has 154 valence electrons. The molecule has 0 radical (unpaired) electrons. The van der Waals surface area contributed by atoms with E-state index >= 15 is 0 Å². The first-order chi connectivity index (χ1) is 14.5. The topological polar surface area (TPSA) is 65.8 Å². The van der Waals surface area contributed by atoms with E-state index < -0.39 is 0 Å². The second-order valence-electron chi connectivity index (χ2n) is 6.96. The molecule has 30 heavy (non-hydrogen) atoms. The molecule has 0 aliphatic carbocycles. The van der Waals surface area contributed by atoms with Crippen molar-refractivity contribution in [3.63, 3.8) is 0 Å². The minimum Gasteiger partial charge on any atom is -0.493 e. The van der Waals surface area contributed by atoms with Crippen LogP contribution in [0.4, 0.5) is 5.69 Å². The first-order valence-electron chi connectivity index (χ1n) is 9.35. The van der Waals surface area contributed by atoms with E-state index in [9.17, 15) is 10.1 Å². The summed E-state index contributed by atoms with van der Waals surface area (Å²) >= 11 is 7.62. The van der Waals surface area contributed by atoms with Gasteiger partial charge in [0.15, 0.2) is 11.5 Å². The van der Waals surface area contributed by atoms with Crippen LogP contribution in [0.15, 0.2) is 53.1 Å². The second kappa shape index (κ2) is 8.50. The fourth-order valence-electron chi connectivity index (χ4n) is 3.75. The van der Waals surface area contributed by atoms with Crippen molar-refractivity contribution in [3.8, 4) is 17.6 Å². The van der Waals surface area contributed by atoms with Gasteiger partial charge in [0.05, 0.1) is 43.4 Å². The molecule has 0 saturated carbocycles. The van der Waals surface area contributed by atoms with Gasteiger partial charge in [-0.3, -0.25) is 9.69 Å². The number of benzene rings is 2. The van der Waals surface area contributed by atoms with Gasteiger partial charge in [-0.1, -0.05) is 35.5 Å². The Morgan fingerprint density at radius 1 is 1.17 bits per heavy atom. The van der Waals surface area contributed by atoms with Crippen LogP contribution < -0.4 is 14.4 Å². The Hall–Kier alpha value is -2.82. The van der Waals surface area contributed by atoms with Gasteiger partial charge in [0, 0.05) is 23.0 Å². The number of anilines is 1. The summed E-state index contributed by atoms with van der Waals surface area (Å²) in [6, 6.07) is 15.4. The Morgan fingerprint density at radius 2 is 1.97 bits per heavy atom. The van der Waals surface area contributed by atoms with Gasteiger partial charge >= 0.3 is 0 Å². The number of methoxy groups -OCH3 is 2.